The van der Waals surface area contributed by atoms with Gasteiger partial charge in [0.25, 0.3) is 17.0 Å². The Kier molecular flexibility index (Phi) is 12.4. The molecule has 0 radical (unpaired) electrons. The summed E-state index contributed by atoms with van der Waals surface area (Å²) >= 11 is 0. The first-order valence-corrected chi connectivity index (χ1v) is 17.6. The fourth-order valence-electron chi connectivity index (χ4n) is 5.72. The summed E-state index contributed by atoms with van der Waals surface area (Å²) in [6.07, 6.45) is -6.74. The molecule has 0 saturated carbocycles. The topological polar surface area (TPSA) is 220 Å². The molecule has 0 saturated heterocycles. The van der Waals surface area contributed by atoms with Crippen molar-refractivity contribution in [1.82, 2.24) is 40.0 Å². The van der Waals surface area contributed by atoms with Gasteiger partial charge < -0.3 is 16.2 Å². The third-order valence-corrected chi connectivity index (χ3v) is 8.41. The van der Waals surface area contributed by atoms with E-state index in [1.807, 2.05) is 42.5 Å². The van der Waals surface area contributed by atoms with Crippen LogP contribution in [0.4, 0.5) is 37.7 Å². The Hall–Kier alpha value is -8.10. The molecular formula is C40H30F6N10O5. The van der Waals surface area contributed by atoms with Crippen LogP contribution in [-0.4, -0.2) is 69.3 Å². The second-order valence-corrected chi connectivity index (χ2v) is 12.9. The van der Waals surface area contributed by atoms with E-state index in [4.69, 9.17) is 10.8 Å². The van der Waals surface area contributed by atoms with Crippen LogP contribution >= 0.6 is 0 Å². The Morgan fingerprint density at radius 2 is 1.02 bits per heavy atom. The lowest BCUT2D eigenvalue weighted by Crippen LogP contribution is -2.19. The van der Waals surface area contributed by atoms with Crippen LogP contribution in [0.25, 0.3) is 44.1 Å². The lowest BCUT2D eigenvalue weighted by molar-refractivity contribution is -0.143. The van der Waals surface area contributed by atoms with Crippen molar-refractivity contribution in [3.05, 3.63) is 154 Å². The Bertz CT molecular complexity index is 2940. The van der Waals surface area contributed by atoms with E-state index in [0.717, 1.165) is 40.7 Å². The number of nitrogens with one attached hydrogen (secondary N) is 3. The first-order valence-electron chi connectivity index (χ1n) is 17.6. The minimum atomic E-state index is -4.42. The van der Waals surface area contributed by atoms with Crippen LogP contribution in [0.15, 0.2) is 131 Å². The molecule has 8 rings (SSSR count). The summed E-state index contributed by atoms with van der Waals surface area (Å²) in [5.74, 6) is -1.97. The number of H-pyrrole nitrogens is 2. The van der Waals surface area contributed by atoms with Gasteiger partial charge in [0.05, 0.1) is 22.2 Å². The minimum absolute atomic E-state index is 0.128. The number of aromatic nitrogens is 8. The first-order chi connectivity index (χ1) is 28.9. The fourth-order valence-corrected chi connectivity index (χ4v) is 5.72. The third-order valence-electron chi connectivity index (χ3n) is 8.41. The largest absolute Gasteiger partial charge is 0.476 e. The summed E-state index contributed by atoms with van der Waals surface area (Å²) < 4.78 is 73.6. The van der Waals surface area contributed by atoms with E-state index in [1.165, 1.54) is 6.07 Å². The van der Waals surface area contributed by atoms with Crippen molar-refractivity contribution >= 4 is 44.8 Å². The summed E-state index contributed by atoms with van der Waals surface area (Å²) in [4.78, 5) is 46.1. The number of hydrogen-bond donors (Lipinski definition) is 5. The second kappa shape index (κ2) is 17.8. The zero-order valence-corrected chi connectivity index (χ0v) is 31.1. The number of amides is 1. The summed E-state index contributed by atoms with van der Waals surface area (Å²) in [6, 6.07) is 30.8. The standard InChI is InChI=1S/C20H14F3N5O2.C14H11N3O.C6H5F3N2O2/c21-20(22,23)11-28-10-9-16(27-28)19(30)24-13-7-5-12(6-8-13)17-14-3-1-2-4-15(14)18(29)26-25-17;15-10-7-5-9(6-8-10)13-11-3-1-2-4-12(11)14(18)17-16-13;7-6(8,9)3-11-2-1-4(10-11)5(12)13/h1-10H,11H2,(H,24,30)(H,26,29);1-8H,15H2,(H,17,18);1-2H,3H2,(H,12,13). The number of alkyl halides is 6. The highest BCUT2D eigenvalue weighted by molar-refractivity contribution is 6.03. The van der Waals surface area contributed by atoms with Gasteiger partial charge in [-0.25, -0.2) is 15.0 Å². The van der Waals surface area contributed by atoms with E-state index in [-0.39, 0.29) is 16.8 Å². The number of aromatic carboxylic acids is 1. The molecule has 15 nitrogen and oxygen atoms in total. The molecule has 1 amide bonds. The van der Waals surface area contributed by atoms with Gasteiger partial charge in [0, 0.05) is 45.7 Å². The molecule has 0 aliphatic heterocycles. The van der Waals surface area contributed by atoms with Gasteiger partial charge in [0.1, 0.15) is 13.1 Å². The smallest absolute Gasteiger partial charge is 0.408 e. The van der Waals surface area contributed by atoms with Gasteiger partial charge in [-0.15, -0.1) is 0 Å². The van der Waals surface area contributed by atoms with Crippen molar-refractivity contribution in [3.8, 4) is 22.5 Å². The number of nitrogens with zero attached hydrogens (tertiary/aromatic N) is 6. The number of nitrogens with two attached hydrogens (primary N) is 1. The number of carbonyl (C=O) groups excluding carboxylic acids is 1. The van der Waals surface area contributed by atoms with Crippen molar-refractivity contribution in [2.75, 3.05) is 11.1 Å². The molecule has 0 aliphatic rings. The number of anilines is 2. The molecule has 0 spiro atoms. The molecule has 0 atom stereocenters. The highest BCUT2D eigenvalue weighted by Crippen LogP contribution is 2.27. The molecule has 61 heavy (non-hydrogen) atoms. The lowest BCUT2D eigenvalue weighted by atomic mass is 10.0. The average molecular weight is 845 g/mol. The number of fused-ring (bicyclic) bond motifs is 2. The summed E-state index contributed by atoms with van der Waals surface area (Å²) in [5.41, 5.74) is 8.78. The zero-order valence-electron chi connectivity index (χ0n) is 31.1. The average Bonchev–Trinajstić information content (AvgIpc) is 3.89. The van der Waals surface area contributed by atoms with Crippen LogP contribution in [0.5, 0.6) is 0 Å². The van der Waals surface area contributed by atoms with Crippen LogP contribution in [0.2, 0.25) is 0 Å². The first kappa shape index (κ1) is 42.5. The SMILES string of the molecule is Nc1ccc(-c2n[nH]c(=O)c3ccccc23)cc1.O=C(Nc1ccc(-c2n[nH]c(=O)c3ccccc23)cc1)c1ccn(CC(F)(F)F)n1.O=C(O)c1ccn(CC(F)(F)F)n1. The molecule has 0 aliphatic carbocycles. The van der Waals surface area contributed by atoms with Gasteiger partial charge in [-0.05, 0) is 48.5 Å². The monoisotopic (exact) mass is 844 g/mol. The van der Waals surface area contributed by atoms with E-state index in [0.29, 0.717) is 42.6 Å². The van der Waals surface area contributed by atoms with Gasteiger partial charge in [0.15, 0.2) is 11.4 Å². The Balaban J connectivity index is 0.000000170. The van der Waals surface area contributed by atoms with E-state index < -0.39 is 43.0 Å². The van der Waals surface area contributed by atoms with Gasteiger partial charge in [-0.3, -0.25) is 23.7 Å². The maximum absolute atomic E-state index is 12.4. The van der Waals surface area contributed by atoms with E-state index in [1.54, 1.807) is 54.6 Å². The summed E-state index contributed by atoms with van der Waals surface area (Å²) in [6.45, 7) is -2.55. The van der Waals surface area contributed by atoms with Gasteiger partial charge >= 0.3 is 18.3 Å². The Labute approximate surface area is 338 Å². The van der Waals surface area contributed by atoms with Crippen LogP contribution in [-0.2, 0) is 13.1 Å². The maximum atomic E-state index is 12.4. The quantitative estimate of drug-likeness (QED) is 0.0824. The lowest BCUT2D eigenvalue weighted by Gasteiger charge is -2.07. The van der Waals surface area contributed by atoms with Crippen molar-refractivity contribution in [2.24, 2.45) is 0 Å². The van der Waals surface area contributed by atoms with Crippen LogP contribution in [0, 0.1) is 0 Å². The summed E-state index contributed by atoms with van der Waals surface area (Å²) in [5, 5.41) is 33.7. The number of rotatable bonds is 7. The van der Waals surface area contributed by atoms with E-state index in [2.05, 4.69) is 35.9 Å². The van der Waals surface area contributed by atoms with Crippen LogP contribution in [0.1, 0.15) is 21.0 Å². The highest BCUT2D eigenvalue weighted by atomic mass is 19.4. The molecule has 21 heteroatoms. The van der Waals surface area contributed by atoms with Gasteiger partial charge in [0.2, 0.25) is 0 Å². The molecule has 0 fully saturated rings. The molecular weight excluding hydrogens is 814 g/mol. The zero-order chi connectivity index (χ0) is 43.9. The Morgan fingerprint density at radius 3 is 1.44 bits per heavy atom. The third kappa shape index (κ3) is 11.1. The number of carboxylic acids is 1. The Morgan fingerprint density at radius 1 is 0.607 bits per heavy atom. The molecule has 312 valence electrons. The van der Waals surface area contributed by atoms with Crippen molar-refractivity contribution in [2.45, 2.75) is 25.4 Å². The number of nitrogen functional groups attached to an aromatic ring is 1. The number of halogens is 6. The molecule has 4 heterocycles. The highest BCUT2D eigenvalue weighted by Gasteiger charge is 2.29. The van der Waals surface area contributed by atoms with Crippen molar-refractivity contribution in [1.29, 1.82) is 0 Å². The summed E-state index contributed by atoms with van der Waals surface area (Å²) in [7, 11) is 0. The van der Waals surface area contributed by atoms with E-state index in [9.17, 15) is 45.5 Å². The predicted molar refractivity (Wildman–Crippen MR) is 211 cm³/mol. The fraction of sp³-hybridized carbons (Fsp3) is 0.100. The number of carboxylic acid groups (broad SMARTS) is 1. The number of aromatic amines is 2. The van der Waals surface area contributed by atoms with Crippen LogP contribution in [0.3, 0.4) is 0 Å². The maximum Gasteiger partial charge on any atom is 0.408 e. The van der Waals surface area contributed by atoms with Crippen LogP contribution < -0.4 is 22.2 Å². The molecule has 4 aromatic heterocycles. The number of benzene rings is 4. The van der Waals surface area contributed by atoms with Crippen molar-refractivity contribution < 1.29 is 41.0 Å². The van der Waals surface area contributed by atoms with E-state index >= 15 is 0 Å². The molecule has 6 N–H and O–H groups in total. The predicted octanol–water partition coefficient (Wildman–Crippen LogP) is 6.92. The second-order valence-electron chi connectivity index (χ2n) is 12.9. The molecule has 8 aromatic rings. The molecule has 4 aromatic carbocycles. The molecule has 0 bridgehead atoms. The van der Waals surface area contributed by atoms with Crippen molar-refractivity contribution in [3.63, 3.8) is 0 Å². The van der Waals surface area contributed by atoms with Gasteiger partial charge in [-0.1, -0.05) is 60.7 Å². The number of carbonyl (C=O) groups is 2. The normalized spacial score (nSPS) is 11.3. The minimum Gasteiger partial charge on any atom is -0.476 e. The molecule has 0 unspecified atom stereocenters. The van der Waals surface area contributed by atoms with Gasteiger partial charge in [-0.2, -0.15) is 46.7 Å². The number of hydrogen-bond acceptors (Lipinski definition) is 9.